The predicted octanol–water partition coefficient (Wildman–Crippen LogP) is 1.43. The van der Waals surface area contributed by atoms with E-state index in [4.69, 9.17) is 9.84 Å². The molecule has 0 aromatic carbocycles. The highest BCUT2D eigenvalue weighted by Gasteiger charge is 2.22. The maximum atomic E-state index is 12.2. The first-order chi connectivity index (χ1) is 10.1. The summed E-state index contributed by atoms with van der Waals surface area (Å²) in [5.74, 6) is -1.55. The lowest BCUT2D eigenvalue weighted by atomic mass is 10.3. The zero-order valence-electron chi connectivity index (χ0n) is 11.5. The van der Waals surface area contributed by atoms with Gasteiger partial charge in [-0.3, -0.25) is 4.79 Å². The van der Waals surface area contributed by atoms with Gasteiger partial charge in [0.15, 0.2) is 6.04 Å². The van der Waals surface area contributed by atoms with E-state index in [0.29, 0.717) is 12.2 Å². The minimum atomic E-state index is -1.12. The normalized spacial score (nSPS) is 12.0. The standard InChI is InChI=1S/C14H16N2O4S/c1-20-9-11(14(18)19)15-13(17)12-5-2-6-16(12)8-10-4-3-7-21-10/h2-7,11H,8-9H2,1H3,(H,15,17)(H,18,19). The monoisotopic (exact) mass is 308 g/mol. The van der Waals surface area contributed by atoms with Gasteiger partial charge < -0.3 is 19.7 Å². The zero-order valence-corrected chi connectivity index (χ0v) is 12.3. The van der Waals surface area contributed by atoms with E-state index in [0.717, 1.165) is 4.88 Å². The molecule has 0 aliphatic heterocycles. The average Bonchev–Trinajstić information content (AvgIpc) is 3.10. The van der Waals surface area contributed by atoms with Crippen LogP contribution in [-0.2, 0) is 16.1 Å². The molecule has 0 saturated carbocycles. The van der Waals surface area contributed by atoms with Crippen molar-refractivity contribution in [1.82, 2.24) is 9.88 Å². The number of amides is 1. The number of carbonyl (C=O) groups excluding carboxylic acids is 1. The van der Waals surface area contributed by atoms with E-state index >= 15 is 0 Å². The lowest BCUT2D eigenvalue weighted by Crippen LogP contribution is -2.44. The minimum Gasteiger partial charge on any atom is -0.480 e. The predicted molar refractivity (Wildman–Crippen MR) is 78.6 cm³/mol. The van der Waals surface area contributed by atoms with Gasteiger partial charge in [0.05, 0.1) is 13.2 Å². The summed E-state index contributed by atoms with van der Waals surface area (Å²) in [6, 6.07) is 6.29. The number of rotatable bonds is 7. The van der Waals surface area contributed by atoms with Gasteiger partial charge in [0, 0.05) is 18.2 Å². The van der Waals surface area contributed by atoms with Crippen LogP contribution in [0.3, 0.4) is 0 Å². The lowest BCUT2D eigenvalue weighted by molar-refractivity contribution is -0.140. The molecule has 1 amide bonds. The van der Waals surface area contributed by atoms with Crippen LogP contribution in [0.15, 0.2) is 35.8 Å². The van der Waals surface area contributed by atoms with E-state index in [-0.39, 0.29) is 6.61 Å². The van der Waals surface area contributed by atoms with Gasteiger partial charge >= 0.3 is 5.97 Å². The van der Waals surface area contributed by atoms with Crippen molar-refractivity contribution in [3.8, 4) is 0 Å². The van der Waals surface area contributed by atoms with E-state index in [1.54, 1.807) is 34.2 Å². The molecule has 0 aliphatic rings. The summed E-state index contributed by atoms with van der Waals surface area (Å²) in [4.78, 5) is 24.4. The molecule has 7 heteroatoms. The van der Waals surface area contributed by atoms with Gasteiger partial charge in [-0.25, -0.2) is 4.79 Å². The molecule has 1 atom stereocenters. The van der Waals surface area contributed by atoms with E-state index in [9.17, 15) is 9.59 Å². The van der Waals surface area contributed by atoms with Crippen molar-refractivity contribution in [2.45, 2.75) is 12.6 Å². The van der Waals surface area contributed by atoms with Crippen LogP contribution in [0, 0.1) is 0 Å². The highest BCUT2D eigenvalue weighted by molar-refractivity contribution is 7.09. The van der Waals surface area contributed by atoms with Crippen molar-refractivity contribution in [2.24, 2.45) is 0 Å². The molecule has 0 aliphatic carbocycles. The molecule has 0 fully saturated rings. The Labute approximate surface area is 126 Å². The Morgan fingerprint density at radius 2 is 2.24 bits per heavy atom. The summed E-state index contributed by atoms with van der Waals surface area (Å²) in [6.07, 6.45) is 1.79. The van der Waals surface area contributed by atoms with E-state index in [1.807, 2.05) is 17.5 Å². The number of hydrogen-bond acceptors (Lipinski definition) is 4. The first-order valence-corrected chi connectivity index (χ1v) is 7.20. The van der Waals surface area contributed by atoms with Crippen molar-refractivity contribution < 1.29 is 19.4 Å². The van der Waals surface area contributed by atoms with Gasteiger partial charge in [0.1, 0.15) is 5.69 Å². The number of carboxylic acids is 1. The fourth-order valence-electron chi connectivity index (χ4n) is 1.90. The van der Waals surface area contributed by atoms with Crippen LogP contribution in [0.4, 0.5) is 0 Å². The Kier molecular flexibility index (Phi) is 5.13. The van der Waals surface area contributed by atoms with Crippen LogP contribution >= 0.6 is 11.3 Å². The van der Waals surface area contributed by atoms with Gasteiger partial charge in [0.25, 0.3) is 5.91 Å². The van der Waals surface area contributed by atoms with Crippen LogP contribution < -0.4 is 5.32 Å². The quantitative estimate of drug-likeness (QED) is 0.811. The van der Waals surface area contributed by atoms with Gasteiger partial charge in [-0.05, 0) is 23.6 Å². The van der Waals surface area contributed by atoms with Gasteiger partial charge in [-0.15, -0.1) is 11.3 Å². The maximum absolute atomic E-state index is 12.2. The number of aliphatic carboxylic acids is 1. The second-order valence-electron chi connectivity index (χ2n) is 4.42. The summed E-state index contributed by atoms with van der Waals surface area (Å²) in [5, 5.41) is 13.5. The van der Waals surface area contributed by atoms with Crippen LogP contribution in [0.1, 0.15) is 15.4 Å². The Morgan fingerprint density at radius 3 is 2.86 bits per heavy atom. The molecule has 0 saturated heterocycles. The third-order valence-corrected chi connectivity index (χ3v) is 3.77. The molecule has 2 aromatic rings. The van der Waals surface area contributed by atoms with E-state index < -0.39 is 17.9 Å². The third kappa shape index (κ3) is 3.93. The number of hydrogen-bond donors (Lipinski definition) is 2. The Balaban J connectivity index is 2.09. The van der Waals surface area contributed by atoms with E-state index in [2.05, 4.69) is 5.32 Å². The molecule has 21 heavy (non-hydrogen) atoms. The molecule has 2 N–H and O–H groups in total. The van der Waals surface area contributed by atoms with E-state index in [1.165, 1.54) is 7.11 Å². The molecule has 0 bridgehead atoms. The number of thiophene rings is 1. The first-order valence-electron chi connectivity index (χ1n) is 6.32. The average molecular weight is 308 g/mol. The summed E-state index contributed by atoms with van der Waals surface area (Å²) in [6.45, 7) is 0.502. The number of aromatic nitrogens is 1. The number of nitrogens with one attached hydrogen (secondary N) is 1. The van der Waals surface area contributed by atoms with Crippen molar-refractivity contribution in [3.63, 3.8) is 0 Å². The molecule has 0 radical (unpaired) electrons. The molecule has 112 valence electrons. The van der Waals surface area contributed by atoms with Gasteiger partial charge in [0.2, 0.25) is 0 Å². The lowest BCUT2D eigenvalue weighted by Gasteiger charge is -2.14. The molecule has 6 nitrogen and oxygen atoms in total. The summed E-state index contributed by atoms with van der Waals surface area (Å²) in [7, 11) is 1.39. The molecule has 2 heterocycles. The highest BCUT2D eigenvalue weighted by Crippen LogP contribution is 2.13. The Morgan fingerprint density at radius 1 is 1.43 bits per heavy atom. The highest BCUT2D eigenvalue weighted by atomic mass is 32.1. The number of nitrogens with zero attached hydrogens (tertiary/aromatic N) is 1. The summed E-state index contributed by atoms with van der Waals surface area (Å²) < 4.78 is 6.58. The number of methoxy groups -OCH3 is 1. The second kappa shape index (κ2) is 7.05. The molecular formula is C14H16N2O4S. The minimum absolute atomic E-state index is 0.0767. The van der Waals surface area contributed by atoms with Crippen molar-refractivity contribution in [1.29, 1.82) is 0 Å². The van der Waals surface area contributed by atoms with Crippen LogP contribution in [0.2, 0.25) is 0 Å². The van der Waals surface area contributed by atoms with Crippen LogP contribution in [0.5, 0.6) is 0 Å². The smallest absolute Gasteiger partial charge is 0.328 e. The third-order valence-electron chi connectivity index (χ3n) is 2.91. The summed E-state index contributed by atoms with van der Waals surface area (Å²) in [5.41, 5.74) is 0.422. The fourth-order valence-corrected chi connectivity index (χ4v) is 2.60. The van der Waals surface area contributed by atoms with Crippen LogP contribution in [-0.4, -0.2) is 41.3 Å². The molecule has 2 rings (SSSR count). The SMILES string of the molecule is COCC(NC(=O)c1cccn1Cc1cccs1)C(=O)O. The van der Waals surface area contributed by atoms with Gasteiger partial charge in [-0.2, -0.15) is 0 Å². The number of carboxylic acid groups (broad SMARTS) is 1. The Hall–Kier alpha value is -2.12. The maximum Gasteiger partial charge on any atom is 0.328 e. The molecule has 1 unspecified atom stereocenters. The fraction of sp³-hybridized carbons (Fsp3) is 0.286. The largest absolute Gasteiger partial charge is 0.480 e. The van der Waals surface area contributed by atoms with Crippen molar-refractivity contribution >= 4 is 23.2 Å². The Bertz CT molecular complexity index is 606. The summed E-state index contributed by atoms with van der Waals surface area (Å²) >= 11 is 1.60. The number of ether oxygens (including phenoxy) is 1. The molecule has 2 aromatic heterocycles. The molecule has 0 spiro atoms. The second-order valence-corrected chi connectivity index (χ2v) is 5.45. The zero-order chi connectivity index (χ0) is 15.2. The molecular weight excluding hydrogens is 292 g/mol. The van der Waals surface area contributed by atoms with Gasteiger partial charge in [-0.1, -0.05) is 6.07 Å². The van der Waals surface area contributed by atoms with Crippen LogP contribution in [0.25, 0.3) is 0 Å². The topological polar surface area (TPSA) is 80.6 Å². The first kappa shape index (κ1) is 15.3. The van der Waals surface area contributed by atoms with Crippen molar-refractivity contribution in [2.75, 3.05) is 13.7 Å². The van der Waals surface area contributed by atoms with Crippen molar-refractivity contribution in [3.05, 3.63) is 46.4 Å². The number of carbonyl (C=O) groups is 2.